The molecule has 2 amide bonds. The number of carbonyl (C=O) groups is 2. The zero-order chi connectivity index (χ0) is 11.1. The molecule has 0 aromatic heterocycles. The van der Waals surface area contributed by atoms with Crippen molar-refractivity contribution < 1.29 is 9.59 Å². The van der Waals surface area contributed by atoms with Crippen LogP contribution in [0.15, 0.2) is 0 Å². The van der Waals surface area contributed by atoms with Crippen molar-refractivity contribution in [1.82, 2.24) is 0 Å². The molecule has 4 N–H and O–H groups in total. The number of carbonyl (C=O) groups excluding carboxylic acids is 2. The standard InChI is InChI=1S/C9H17ClN2O2/c1-2-3-4-6(8(11)13)7(5-10)9(12)14/h6-7H,2-5H2,1H3,(H2,11,13)(H2,12,14). The molecule has 2 unspecified atom stereocenters. The molecule has 0 aromatic carbocycles. The van der Waals surface area contributed by atoms with Gasteiger partial charge in [0, 0.05) is 5.88 Å². The van der Waals surface area contributed by atoms with E-state index in [0.717, 1.165) is 12.8 Å². The summed E-state index contributed by atoms with van der Waals surface area (Å²) >= 11 is 5.57. The summed E-state index contributed by atoms with van der Waals surface area (Å²) in [4.78, 5) is 22.0. The van der Waals surface area contributed by atoms with Gasteiger partial charge >= 0.3 is 0 Å². The Kier molecular flexibility index (Phi) is 6.28. The molecule has 0 aromatic rings. The molecule has 5 heteroatoms. The van der Waals surface area contributed by atoms with Gasteiger partial charge in [-0.15, -0.1) is 11.6 Å². The maximum atomic E-state index is 11.1. The summed E-state index contributed by atoms with van der Waals surface area (Å²) in [6.07, 6.45) is 2.36. The summed E-state index contributed by atoms with van der Waals surface area (Å²) in [7, 11) is 0. The van der Waals surface area contributed by atoms with Crippen molar-refractivity contribution in [2.24, 2.45) is 23.3 Å². The number of amides is 2. The van der Waals surface area contributed by atoms with Gasteiger partial charge in [-0.05, 0) is 6.42 Å². The number of rotatable bonds is 7. The summed E-state index contributed by atoms with van der Waals surface area (Å²) in [5.41, 5.74) is 10.3. The van der Waals surface area contributed by atoms with Crippen molar-refractivity contribution in [3.63, 3.8) is 0 Å². The molecule has 82 valence electrons. The molecule has 14 heavy (non-hydrogen) atoms. The molecule has 0 aliphatic rings. The van der Waals surface area contributed by atoms with E-state index in [-0.39, 0.29) is 5.88 Å². The molecular weight excluding hydrogens is 204 g/mol. The molecule has 0 aliphatic heterocycles. The molecule has 0 spiro atoms. The minimum Gasteiger partial charge on any atom is -0.369 e. The van der Waals surface area contributed by atoms with Crippen LogP contribution in [0.4, 0.5) is 0 Å². The van der Waals surface area contributed by atoms with E-state index in [4.69, 9.17) is 23.1 Å². The van der Waals surface area contributed by atoms with Crippen molar-refractivity contribution in [2.75, 3.05) is 5.88 Å². The fraction of sp³-hybridized carbons (Fsp3) is 0.778. The number of unbranched alkanes of at least 4 members (excludes halogenated alkanes) is 1. The van der Waals surface area contributed by atoms with E-state index in [0.29, 0.717) is 6.42 Å². The Morgan fingerprint density at radius 1 is 1.21 bits per heavy atom. The van der Waals surface area contributed by atoms with Crippen LogP contribution in [0, 0.1) is 11.8 Å². The summed E-state index contributed by atoms with van der Waals surface area (Å²) in [6.45, 7) is 2.00. The van der Waals surface area contributed by atoms with Crippen LogP contribution in [0.25, 0.3) is 0 Å². The molecule has 0 fully saturated rings. The van der Waals surface area contributed by atoms with E-state index >= 15 is 0 Å². The van der Waals surface area contributed by atoms with Crippen LogP contribution in [0.3, 0.4) is 0 Å². The fourth-order valence-electron chi connectivity index (χ4n) is 1.35. The lowest BCUT2D eigenvalue weighted by Crippen LogP contribution is -2.38. The molecule has 0 aliphatic carbocycles. The first-order chi connectivity index (χ1) is 6.54. The number of hydrogen-bond acceptors (Lipinski definition) is 2. The van der Waals surface area contributed by atoms with Crippen molar-refractivity contribution in [3.05, 3.63) is 0 Å². The van der Waals surface area contributed by atoms with E-state index in [9.17, 15) is 9.59 Å². The molecular formula is C9H17ClN2O2. The van der Waals surface area contributed by atoms with Crippen molar-refractivity contribution in [3.8, 4) is 0 Å². The van der Waals surface area contributed by atoms with Crippen LogP contribution in [0.1, 0.15) is 26.2 Å². The topological polar surface area (TPSA) is 86.2 Å². The van der Waals surface area contributed by atoms with Crippen LogP contribution in [-0.2, 0) is 9.59 Å². The highest BCUT2D eigenvalue weighted by Crippen LogP contribution is 2.19. The highest BCUT2D eigenvalue weighted by Gasteiger charge is 2.29. The average molecular weight is 221 g/mol. The van der Waals surface area contributed by atoms with Gasteiger partial charge in [-0.2, -0.15) is 0 Å². The second-order valence-corrected chi connectivity index (χ2v) is 3.62. The van der Waals surface area contributed by atoms with Crippen molar-refractivity contribution in [2.45, 2.75) is 26.2 Å². The Balaban J connectivity index is 4.44. The quantitative estimate of drug-likeness (QED) is 0.617. The van der Waals surface area contributed by atoms with Crippen LogP contribution < -0.4 is 11.5 Å². The SMILES string of the molecule is CCCCC(C(N)=O)C(CCl)C(N)=O. The summed E-state index contributed by atoms with van der Waals surface area (Å²) in [6, 6.07) is 0. The lowest BCUT2D eigenvalue weighted by Gasteiger charge is -2.19. The molecule has 4 nitrogen and oxygen atoms in total. The number of halogens is 1. The normalized spacial score (nSPS) is 14.7. The van der Waals surface area contributed by atoms with Gasteiger partial charge < -0.3 is 11.5 Å². The van der Waals surface area contributed by atoms with Gasteiger partial charge in [-0.1, -0.05) is 19.8 Å². The van der Waals surface area contributed by atoms with Crippen LogP contribution in [0.5, 0.6) is 0 Å². The van der Waals surface area contributed by atoms with Crippen molar-refractivity contribution in [1.29, 1.82) is 0 Å². The third-order valence-corrected chi connectivity index (χ3v) is 2.58. The zero-order valence-electron chi connectivity index (χ0n) is 8.33. The van der Waals surface area contributed by atoms with Crippen molar-refractivity contribution >= 4 is 23.4 Å². The Labute approximate surface area is 89.0 Å². The zero-order valence-corrected chi connectivity index (χ0v) is 9.09. The summed E-state index contributed by atoms with van der Waals surface area (Å²) < 4.78 is 0. The van der Waals surface area contributed by atoms with Crippen LogP contribution in [0.2, 0.25) is 0 Å². The number of primary amides is 2. The first kappa shape index (κ1) is 13.2. The van der Waals surface area contributed by atoms with Gasteiger partial charge in [0.2, 0.25) is 11.8 Å². The van der Waals surface area contributed by atoms with E-state index in [1.807, 2.05) is 6.92 Å². The van der Waals surface area contributed by atoms with E-state index in [1.165, 1.54) is 0 Å². The lowest BCUT2D eigenvalue weighted by atomic mass is 9.88. The van der Waals surface area contributed by atoms with Crippen LogP contribution >= 0.6 is 11.6 Å². The minimum absolute atomic E-state index is 0.0483. The third-order valence-electron chi connectivity index (χ3n) is 2.25. The Morgan fingerprint density at radius 3 is 2.00 bits per heavy atom. The fourth-order valence-corrected chi connectivity index (χ4v) is 1.71. The minimum atomic E-state index is -0.638. The summed E-state index contributed by atoms with van der Waals surface area (Å²) in [5.74, 6) is -2.17. The highest BCUT2D eigenvalue weighted by atomic mass is 35.5. The smallest absolute Gasteiger partial charge is 0.222 e. The van der Waals surface area contributed by atoms with Gasteiger partial charge in [0.15, 0.2) is 0 Å². The average Bonchev–Trinajstić information content (AvgIpc) is 2.10. The molecule has 0 saturated carbocycles. The monoisotopic (exact) mass is 220 g/mol. The van der Waals surface area contributed by atoms with Gasteiger partial charge in [0.05, 0.1) is 11.8 Å². The molecule has 0 saturated heterocycles. The van der Waals surface area contributed by atoms with Gasteiger partial charge in [-0.25, -0.2) is 0 Å². The lowest BCUT2D eigenvalue weighted by molar-refractivity contribution is -0.130. The molecule has 0 radical (unpaired) electrons. The summed E-state index contributed by atoms with van der Waals surface area (Å²) in [5, 5.41) is 0. The van der Waals surface area contributed by atoms with E-state index in [2.05, 4.69) is 0 Å². The predicted molar refractivity (Wildman–Crippen MR) is 55.6 cm³/mol. The maximum Gasteiger partial charge on any atom is 0.222 e. The molecule has 2 atom stereocenters. The van der Waals surface area contributed by atoms with Gasteiger partial charge in [0.1, 0.15) is 0 Å². The van der Waals surface area contributed by atoms with Crippen LogP contribution in [-0.4, -0.2) is 17.7 Å². The van der Waals surface area contributed by atoms with E-state index in [1.54, 1.807) is 0 Å². The van der Waals surface area contributed by atoms with Gasteiger partial charge in [0.25, 0.3) is 0 Å². The predicted octanol–water partition coefficient (Wildman–Crippen LogP) is 0.618. The largest absolute Gasteiger partial charge is 0.369 e. The second-order valence-electron chi connectivity index (χ2n) is 3.31. The Hall–Kier alpha value is -0.770. The molecule has 0 heterocycles. The van der Waals surface area contributed by atoms with Gasteiger partial charge in [-0.3, -0.25) is 9.59 Å². The highest BCUT2D eigenvalue weighted by molar-refractivity contribution is 6.19. The molecule has 0 bridgehead atoms. The number of nitrogens with two attached hydrogens (primary N) is 2. The maximum absolute atomic E-state index is 11.1. The molecule has 0 rings (SSSR count). The first-order valence-electron chi connectivity index (χ1n) is 4.69. The number of hydrogen-bond donors (Lipinski definition) is 2. The second kappa shape index (κ2) is 6.65. The van der Waals surface area contributed by atoms with E-state index < -0.39 is 23.7 Å². The Bertz CT molecular complexity index is 209. The number of alkyl halides is 1. The third kappa shape index (κ3) is 3.96. The first-order valence-corrected chi connectivity index (χ1v) is 5.22. The Morgan fingerprint density at radius 2 is 1.71 bits per heavy atom.